The Kier molecular flexibility index (Phi) is 7.91. The van der Waals surface area contributed by atoms with Crippen LogP contribution in [0, 0.1) is 0 Å². The first-order valence-corrected chi connectivity index (χ1v) is 9.90. The average molecular weight is 486 g/mol. The molecule has 2 N–H and O–H groups in total. The van der Waals surface area contributed by atoms with E-state index in [1.54, 1.807) is 12.3 Å². The van der Waals surface area contributed by atoms with Crippen LogP contribution in [-0.4, -0.2) is 50.6 Å². The molecule has 3 heterocycles. The molecule has 182 valence electrons. The summed E-state index contributed by atoms with van der Waals surface area (Å²) in [5.41, 5.74) is 1.48. The fourth-order valence-electron chi connectivity index (χ4n) is 2.75. The zero-order valence-corrected chi connectivity index (χ0v) is 17.5. The van der Waals surface area contributed by atoms with E-state index in [0.717, 1.165) is 0 Å². The Hall–Kier alpha value is -3.84. The number of hydrogen-bond acceptors (Lipinski definition) is 6. The Balaban J connectivity index is 1.54. The minimum atomic E-state index is -4.40. The van der Waals surface area contributed by atoms with Crippen LogP contribution >= 0.6 is 0 Å². The summed E-state index contributed by atoms with van der Waals surface area (Å²) >= 11 is 0. The third kappa shape index (κ3) is 7.64. The fourth-order valence-corrected chi connectivity index (χ4v) is 2.75. The second-order valence-electron chi connectivity index (χ2n) is 7.08. The summed E-state index contributed by atoms with van der Waals surface area (Å²) in [5, 5.41) is 9.12. The van der Waals surface area contributed by atoms with Gasteiger partial charge in [0, 0.05) is 19.2 Å². The molecule has 0 aliphatic carbocycles. The van der Waals surface area contributed by atoms with E-state index in [4.69, 9.17) is 4.74 Å². The van der Waals surface area contributed by atoms with E-state index >= 15 is 0 Å². The highest BCUT2D eigenvalue weighted by Gasteiger charge is 2.27. The molecule has 0 aliphatic rings. The summed E-state index contributed by atoms with van der Waals surface area (Å²) in [4.78, 5) is 32.0. The second kappa shape index (κ2) is 10.9. The highest BCUT2D eigenvalue weighted by molar-refractivity contribution is 5.94. The molecule has 3 aromatic heterocycles. The van der Waals surface area contributed by atoms with E-state index in [1.807, 2.05) is 0 Å². The topological polar surface area (TPSA) is 111 Å². The van der Waals surface area contributed by atoms with Crippen molar-refractivity contribution in [3.8, 4) is 5.75 Å². The summed E-state index contributed by atoms with van der Waals surface area (Å²) in [7, 11) is 0. The number of ether oxygens (including phenoxy) is 1. The van der Waals surface area contributed by atoms with Crippen molar-refractivity contribution in [1.82, 2.24) is 30.2 Å². The zero-order valence-electron chi connectivity index (χ0n) is 17.5. The van der Waals surface area contributed by atoms with Crippen LogP contribution in [0.3, 0.4) is 0 Å². The number of imidazole rings is 1. The molecular weight excluding hydrogens is 467 g/mol. The van der Waals surface area contributed by atoms with Crippen molar-refractivity contribution in [2.24, 2.45) is 0 Å². The smallest absolute Gasteiger partial charge is 0.389 e. The highest BCUT2D eigenvalue weighted by Crippen LogP contribution is 2.21. The van der Waals surface area contributed by atoms with E-state index in [1.165, 1.54) is 29.2 Å². The summed E-state index contributed by atoms with van der Waals surface area (Å²) in [5.74, 6) is -1.23. The first-order chi connectivity index (χ1) is 16.1. The van der Waals surface area contributed by atoms with Crippen molar-refractivity contribution in [1.29, 1.82) is 0 Å². The van der Waals surface area contributed by atoms with Gasteiger partial charge < -0.3 is 15.4 Å². The lowest BCUT2D eigenvalue weighted by atomic mass is 10.2. The molecule has 0 saturated carbocycles. The lowest BCUT2D eigenvalue weighted by Crippen LogP contribution is -2.24. The van der Waals surface area contributed by atoms with Gasteiger partial charge >= 0.3 is 6.18 Å². The van der Waals surface area contributed by atoms with E-state index in [0.29, 0.717) is 16.9 Å². The van der Waals surface area contributed by atoms with Crippen LogP contribution in [0.15, 0.2) is 36.9 Å². The van der Waals surface area contributed by atoms with Crippen molar-refractivity contribution in [3.05, 3.63) is 53.7 Å². The molecule has 0 unspecified atom stereocenters. The molecule has 0 aliphatic heterocycles. The minimum Gasteiger partial charge on any atom is -0.486 e. The Morgan fingerprint density at radius 3 is 2.62 bits per heavy atom. The lowest BCUT2D eigenvalue weighted by Gasteiger charge is -2.07. The van der Waals surface area contributed by atoms with Crippen molar-refractivity contribution >= 4 is 17.5 Å². The van der Waals surface area contributed by atoms with Crippen molar-refractivity contribution < 1.29 is 36.3 Å². The van der Waals surface area contributed by atoms with Crippen LogP contribution in [0.5, 0.6) is 5.75 Å². The number of alkyl halides is 5. The normalized spacial score (nSPS) is 11.6. The SMILES string of the molecule is O=C(CCC(F)(F)F)NCc1cnn2cc(CNC(=O)c3cncc(OCC(F)F)c3)nc2c1. The molecule has 3 aromatic rings. The molecule has 0 aromatic carbocycles. The number of nitrogens with zero attached hydrogens (tertiary/aromatic N) is 4. The average Bonchev–Trinajstić information content (AvgIpc) is 3.20. The first-order valence-electron chi connectivity index (χ1n) is 9.90. The van der Waals surface area contributed by atoms with Gasteiger partial charge in [-0.3, -0.25) is 14.6 Å². The molecular formula is C20H19F5N6O3. The number of pyridine rings is 1. The van der Waals surface area contributed by atoms with Gasteiger partial charge in [-0.25, -0.2) is 18.3 Å². The van der Waals surface area contributed by atoms with Gasteiger partial charge in [0.1, 0.15) is 12.4 Å². The number of carbonyl (C=O) groups is 2. The van der Waals surface area contributed by atoms with Gasteiger partial charge in [-0.2, -0.15) is 18.3 Å². The lowest BCUT2D eigenvalue weighted by molar-refractivity contribution is -0.144. The molecule has 0 saturated heterocycles. The van der Waals surface area contributed by atoms with Gasteiger partial charge in [-0.1, -0.05) is 0 Å². The summed E-state index contributed by atoms with van der Waals surface area (Å²) in [6, 6.07) is 2.88. The van der Waals surface area contributed by atoms with Crippen molar-refractivity contribution in [2.75, 3.05) is 6.61 Å². The molecule has 0 bridgehead atoms. The van der Waals surface area contributed by atoms with Gasteiger partial charge in [0.15, 0.2) is 5.65 Å². The number of carbonyl (C=O) groups excluding carboxylic acids is 2. The Bertz CT molecular complexity index is 1150. The third-order valence-corrected chi connectivity index (χ3v) is 4.33. The van der Waals surface area contributed by atoms with Gasteiger partial charge in [0.05, 0.1) is 42.8 Å². The second-order valence-corrected chi connectivity index (χ2v) is 7.08. The number of hydrogen-bond donors (Lipinski definition) is 2. The standard InChI is InChI=1S/C20H19F5N6O3/c21-16(22)11-34-15-4-13(7-26-9-15)19(33)28-8-14-10-31-17(30-14)3-12(6-29-31)5-27-18(32)1-2-20(23,24)25/h3-4,6-7,9-10,16H,1-2,5,8,11H2,(H,27,32)(H,28,33). The number of nitrogens with one attached hydrogen (secondary N) is 2. The highest BCUT2D eigenvalue weighted by atomic mass is 19.4. The number of fused-ring (bicyclic) bond motifs is 1. The van der Waals surface area contributed by atoms with Gasteiger partial charge in [-0.05, 0) is 17.7 Å². The number of aromatic nitrogens is 4. The van der Waals surface area contributed by atoms with Gasteiger partial charge in [0.2, 0.25) is 5.91 Å². The van der Waals surface area contributed by atoms with E-state index in [9.17, 15) is 31.5 Å². The quantitative estimate of drug-likeness (QED) is 0.427. The van der Waals surface area contributed by atoms with Crippen LogP contribution in [0.25, 0.3) is 5.65 Å². The first kappa shape index (κ1) is 24.8. The third-order valence-electron chi connectivity index (χ3n) is 4.33. The summed E-state index contributed by atoms with van der Waals surface area (Å²) in [6.45, 7) is -0.815. The molecule has 2 amide bonds. The Morgan fingerprint density at radius 2 is 1.88 bits per heavy atom. The predicted molar refractivity (Wildman–Crippen MR) is 107 cm³/mol. The van der Waals surface area contributed by atoms with Crippen LogP contribution in [0.4, 0.5) is 22.0 Å². The zero-order chi connectivity index (χ0) is 24.7. The molecule has 3 rings (SSSR count). The number of amides is 2. The van der Waals surface area contributed by atoms with Crippen LogP contribution in [0.2, 0.25) is 0 Å². The molecule has 14 heteroatoms. The van der Waals surface area contributed by atoms with E-state index < -0.39 is 43.9 Å². The maximum absolute atomic E-state index is 12.3. The number of halogens is 5. The molecule has 0 atom stereocenters. The van der Waals surface area contributed by atoms with Gasteiger partial charge in [0.25, 0.3) is 12.3 Å². The molecule has 0 spiro atoms. The van der Waals surface area contributed by atoms with Crippen molar-refractivity contribution in [3.63, 3.8) is 0 Å². The maximum atomic E-state index is 12.3. The fraction of sp³-hybridized carbons (Fsp3) is 0.350. The summed E-state index contributed by atoms with van der Waals surface area (Å²) in [6.07, 6.45) is -3.47. The van der Waals surface area contributed by atoms with Gasteiger partial charge in [-0.15, -0.1) is 0 Å². The number of rotatable bonds is 10. The summed E-state index contributed by atoms with van der Waals surface area (Å²) < 4.78 is 67.3. The van der Waals surface area contributed by atoms with E-state index in [-0.39, 0.29) is 24.4 Å². The molecule has 0 fully saturated rings. The van der Waals surface area contributed by atoms with E-state index in [2.05, 4.69) is 25.7 Å². The maximum Gasteiger partial charge on any atom is 0.389 e. The molecule has 9 nitrogen and oxygen atoms in total. The largest absolute Gasteiger partial charge is 0.486 e. The predicted octanol–water partition coefficient (Wildman–Crippen LogP) is 2.66. The molecule has 34 heavy (non-hydrogen) atoms. The minimum absolute atomic E-state index is 0.0178. The Labute approximate surface area is 189 Å². The Morgan fingerprint density at radius 1 is 1.09 bits per heavy atom. The van der Waals surface area contributed by atoms with Crippen LogP contribution in [0.1, 0.15) is 34.5 Å². The van der Waals surface area contributed by atoms with Crippen molar-refractivity contribution in [2.45, 2.75) is 38.5 Å². The van der Waals surface area contributed by atoms with Crippen LogP contribution in [-0.2, 0) is 17.9 Å². The molecule has 0 radical (unpaired) electrons. The van der Waals surface area contributed by atoms with Crippen LogP contribution < -0.4 is 15.4 Å². The monoisotopic (exact) mass is 486 g/mol.